The minimum atomic E-state index is 0.263. The molecule has 1 aliphatic carbocycles. The average Bonchev–Trinajstić information content (AvgIpc) is 3.28. The molecule has 1 aliphatic heterocycles. The summed E-state index contributed by atoms with van der Waals surface area (Å²) in [6.07, 6.45) is 4.63. The monoisotopic (exact) mass is 359 g/mol. The number of benzene rings is 1. The first-order chi connectivity index (χ1) is 11.6. The van der Waals surface area contributed by atoms with Crippen LogP contribution in [0.1, 0.15) is 30.7 Å². The Labute approximate surface area is 149 Å². The number of thiazole rings is 1. The lowest BCUT2D eigenvalue weighted by molar-refractivity contribution is 0.296. The summed E-state index contributed by atoms with van der Waals surface area (Å²) in [5.41, 5.74) is 2.35. The van der Waals surface area contributed by atoms with Crippen molar-refractivity contribution in [2.24, 2.45) is 0 Å². The lowest BCUT2D eigenvalue weighted by atomic mass is 10.2. The first-order valence-corrected chi connectivity index (χ1v) is 9.39. The van der Waals surface area contributed by atoms with Crippen LogP contribution in [0.4, 0.5) is 0 Å². The first kappa shape index (κ1) is 15.7. The Morgan fingerprint density at radius 2 is 2.08 bits per heavy atom. The van der Waals surface area contributed by atoms with Gasteiger partial charge in [0.05, 0.1) is 17.8 Å². The summed E-state index contributed by atoms with van der Waals surface area (Å²) in [6.45, 7) is 0.435. The molecule has 0 saturated heterocycles. The van der Waals surface area contributed by atoms with Crippen molar-refractivity contribution in [1.29, 1.82) is 5.41 Å². The van der Waals surface area contributed by atoms with Crippen molar-refractivity contribution in [1.82, 2.24) is 9.88 Å². The summed E-state index contributed by atoms with van der Waals surface area (Å²) in [5, 5.41) is 22.2. The number of aliphatic hydroxyl groups is 1. The van der Waals surface area contributed by atoms with Gasteiger partial charge in [-0.2, -0.15) is 0 Å². The fraction of sp³-hybridized carbons (Fsp3) is 0.333. The second-order valence-corrected chi connectivity index (χ2v) is 7.58. The highest BCUT2D eigenvalue weighted by molar-refractivity contribution is 7.11. The predicted molar refractivity (Wildman–Crippen MR) is 98.8 cm³/mol. The van der Waals surface area contributed by atoms with Crippen LogP contribution in [0.25, 0.3) is 16.8 Å². The van der Waals surface area contributed by atoms with Crippen molar-refractivity contribution >= 4 is 34.3 Å². The molecule has 0 atom stereocenters. The molecule has 24 heavy (non-hydrogen) atoms. The van der Waals surface area contributed by atoms with E-state index in [1.165, 1.54) is 24.2 Å². The van der Waals surface area contributed by atoms with Gasteiger partial charge in [0.15, 0.2) is 0 Å². The Morgan fingerprint density at radius 1 is 1.29 bits per heavy atom. The average molecular weight is 360 g/mol. The van der Waals surface area contributed by atoms with E-state index in [0.717, 1.165) is 24.1 Å². The van der Waals surface area contributed by atoms with Crippen LogP contribution in [-0.4, -0.2) is 33.4 Å². The quantitative estimate of drug-likeness (QED) is 0.813. The van der Waals surface area contributed by atoms with Crippen LogP contribution in [0, 0.1) is 5.41 Å². The van der Waals surface area contributed by atoms with E-state index in [0.29, 0.717) is 34.0 Å². The molecular formula is C18H18ClN3OS. The third kappa shape index (κ3) is 2.72. The maximum Gasteiger partial charge on any atom is 0.135 e. The van der Waals surface area contributed by atoms with E-state index in [1.54, 1.807) is 0 Å². The topological polar surface area (TPSA) is 60.2 Å². The lowest BCUT2D eigenvalue weighted by Crippen LogP contribution is -2.35. The zero-order valence-electron chi connectivity index (χ0n) is 13.1. The summed E-state index contributed by atoms with van der Waals surface area (Å²) >= 11 is 7.51. The molecule has 4 nitrogen and oxygen atoms in total. The van der Waals surface area contributed by atoms with Gasteiger partial charge in [-0.05, 0) is 25.0 Å². The van der Waals surface area contributed by atoms with Crippen molar-refractivity contribution in [2.75, 3.05) is 6.54 Å². The largest absolute Gasteiger partial charge is 0.510 e. The van der Waals surface area contributed by atoms with Gasteiger partial charge in [0.1, 0.15) is 16.6 Å². The highest BCUT2D eigenvalue weighted by Crippen LogP contribution is 2.36. The maximum absolute atomic E-state index is 10.4. The van der Waals surface area contributed by atoms with Crippen LogP contribution in [0.3, 0.4) is 0 Å². The van der Waals surface area contributed by atoms with E-state index in [4.69, 9.17) is 17.0 Å². The molecule has 1 aromatic heterocycles. The minimum absolute atomic E-state index is 0.263. The third-order valence-electron chi connectivity index (χ3n) is 4.74. The van der Waals surface area contributed by atoms with E-state index >= 15 is 0 Å². The normalized spacial score (nSPS) is 18.9. The SMILES string of the molecule is N=C1C(c2nc(-c3cccc(Cl)c3)cs2)=C(O)CN1C1CCCC1. The van der Waals surface area contributed by atoms with Crippen LogP contribution < -0.4 is 0 Å². The summed E-state index contributed by atoms with van der Waals surface area (Å²) in [6, 6.07) is 7.94. The number of halogens is 1. The molecule has 1 saturated carbocycles. The molecule has 0 spiro atoms. The zero-order chi connectivity index (χ0) is 16.7. The van der Waals surface area contributed by atoms with Crippen molar-refractivity contribution < 1.29 is 5.11 Å². The number of hydrogen-bond acceptors (Lipinski definition) is 4. The fourth-order valence-electron chi connectivity index (χ4n) is 3.52. The minimum Gasteiger partial charge on any atom is -0.510 e. The van der Waals surface area contributed by atoms with E-state index in [2.05, 4.69) is 4.98 Å². The number of nitrogens with zero attached hydrogens (tertiary/aromatic N) is 2. The predicted octanol–water partition coefficient (Wildman–Crippen LogP) is 4.97. The molecule has 0 amide bonds. The van der Waals surface area contributed by atoms with Gasteiger partial charge in [0.2, 0.25) is 0 Å². The summed E-state index contributed by atoms with van der Waals surface area (Å²) in [5.74, 6) is 0.672. The number of hydrogen-bond donors (Lipinski definition) is 2. The highest BCUT2D eigenvalue weighted by atomic mass is 35.5. The number of nitrogens with one attached hydrogen (secondary N) is 1. The third-order valence-corrected chi connectivity index (χ3v) is 5.83. The molecule has 2 heterocycles. The molecule has 1 fully saturated rings. The zero-order valence-corrected chi connectivity index (χ0v) is 14.7. The second-order valence-electron chi connectivity index (χ2n) is 6.28. The molecule has 124 valence electrons. The molecule has 0 bridgehead atoms. The lowest BCUT2D eigenvalue weighted by Gasteiger charge is -2.25. The van der Waals surface area contributed by atoms with Crippen molar-refractivity contribution in [3.05, 3.63) is 45.4 Å². The van der Waals surface area contributed by atoms with Crippen LogP contribution in [-0.2, 0) is 0 Å². The molecule has 0 unspecified atom stereocenters. The summed E-state index contributed by atoms with van der Waals surface area (Å²) in [7, 11) is 0. The molecule has 2 aromatic rings. The van der Waals surface area contributed by atoms with Crippen molar-refractivity contribution in [3.8, 4) is 11.3 Å². The Bertz CT molecular complexity index is 823. The molecule has 1 aromatic carbocycles. The van der Waals surface area contributed by atoms with Gasteiger partial charge in [0.25, 0.3) is 0 Å². The Kier molecular flexibility index (Phi) is 4.06. The second kappa shape index (κ2) is 6.22. The van der Waals surface area contributed by atoms with Crippen LogP contribution >= 0.6 is 22.9 Å². The molecule has 0 radical (unpaired) electrons. The molecule has 2 N–H and O–H groups in total. The van der Waals surface area contributed by atoms with Gasteiger partial charge in [0, 0.05) is 22.0 Å². The van der Waals surface area contributed by atoms with Gasteiger partial charge in [-0.3, -0.25) is 5.41 Å². The van der Waals surface area contributed by atoms with Crippen molar-refractivity contribution in [2.45, 2.75) is 31.7 Å². The van der Waals surface area contributed by atoms with Gasteiger partial charge in [-0.25, -0.2) is 4.98 Å². The standard InChI is InChI=1S/C18H18ClN3OS/c19-12-5-3-4-11(8-12)14-10-24-18(21-14)16-15(23)9-22(17(16)20)13-6-1-2-7-13/h3-5,8,10,13,20,23H,1-2,6-7,9H2. The van der Waals surface area contributed by atoms with Crippen LogP contribution in [0.15, 0.2) is 35.4 Å². The number of aliphatic hydroxyl groups excluding tert-OH is 1. The fourth-order valence-corrected chi connectivity index (χ4v) is 4.61. The van der Waals surface area contributed by atoms with Gasteiger partial charge in [-0.1, -0.05) is 36.6 Å². The van der Waals surface area contributed by atoms with E-state index < -0.39 is 0 Å². The van der Waals surface area contributed by atoms with Gasteiger partial charge in [-0.15, -0.1) is 11.3 Å². The summed E-state index contributed by atoms with van der Waals surface area (Å²) < 4.78 is 0. The van der Waals surface area contributed by atoms with Gasteiger partial charge >= 0.3 is 0 Å². The van der Waals surface area contributed by atoms with Gasteiger partial charge < -0.3 is 10.0 Å². The molecule has 2 aliphatic rings. The maximum atomic E-state index is 10.4. The van der Waals surface area contributed by atoms with E-state index in [-0.39, 0.29) is 5.76 Å². The van der Waals surface area contributed by atoms with Crippen molar-refractivity contribution in [3.63, 3.8) is 0 Å². The first-order valence-electron chi connectivity index (χ1n) is 8.13. The van der Waals surface area contributed by atoms with Crippen LogP contribution in [0.5, 0.6) is 0 Å². The van der Waals surface area contributed by atoms with E-state index in [1.807, 2.05) is 34.5 Å². The molecule has 6 heteroatoms. The Balaban J connectivity index is 1.62. The number of amidine groups is 1. The summed E-state index contributed by atoms with van der Waals surface area (Å²) in [4.78, 5) is 6.67. The molecular weight excluding hydrogens is 342 g/mol. The number of aromatic nitrogens is 1. The van der Waals surface area contributed by atoms with E-state index in [9.17, 15) is 5.11 Å². The smallest absolute Gasteiger partial charge is 0.135 e. The Hall–Kier alpha value is -1.85. The Morgan fingerprint density at radius 3 is 2.83 bits per heavy atom. The van der Waals surface area contributed by atoms with Crippen LogP contribution in [0.2, 0.25) is 5.02 Å². The number of rotatable bonds is 3. The highest BCUT2D eigenvalue weighted by Gasteiger charge is 2.35. The molecule has 4 rings (SSSR count).